The molecule has 2 aromatic heterocycles. The molecule has 0 amide bonds. The van der Waals surface area contributed by atoms with Gasteiger partial charge in [-0.25, -0.2) is 9.78 Å². The number of rotatable bonds is 4. The number of benzene rings is 4. The number of fused-ring (bicyclic) bond motifs is 3. The van der Waals surface area contributed by atoms with E-state index in [1.54, 1.807) is 7.11 Å². The molecule has 0 bridgehead atoms. The Kier molecular flexibility index (Phi) is 6.16. The molecule has 6 aromatic rings. The highest BCUT2D eigenvalue weighted by Crippen LogP contribution is 2.56. The van der Waals surface area contributed by atoms with Crippen LogP contribution in [0.1, 0.15) is 54.5 Å². The topological polar surface area (TPSA) is 79.4 Å². The van der Waals surface area contributed by atoms with Crippen LogP contribution in [0, 0.1) is 11.3 Å². The number of anilines is 1. The summed E-state index contributed by atoms with van der Waals surface area (Å²) in [6, 6.07) is 31.3. The largest absolute Gasteiger partial charge is 0.497 e. The Morgan fingerprint density at radius 3 is 2.27 bits per heavy atom. The highest BCUT2D eigenvalue weighted by molar-refractivity contribution is 7.21. The molecule has 0 radical (unpaired) electrons. The van der Waals surface area contributed by atoms with E-state index in [2.05, 4.69) is 79.4 Å². The number of methoxy groups -OCH3 is 1. The third-order valence-electron chi connectivity index (χ3n) is 10.1. The normalized spacial score (nSPS) is 20.6. The first-order valence-electron chi connectivity index (χ1n) is 15.3. The fourth-order valence-electron chi connectivity index (χ4n) is 7.55. The first kappa shape index (κ1) is 27.6. The maximum atomic E-state index is 14.1. The van der Waals surface area contributed by atoms with Gasteiger partial charge in [-0.1, -0.05) is 74.5 Å². The van der Waals surface area contributed by atoms with Crippen molar-refractivity contribution in [2.24, 2.45) is 0 Å². The van der Waals surface area contributed by atoms with Gasteiger partial charge in [-0.3, -0.25) is 0 Å². The monoisotopic (exact) mass is 609 g/mol. The van der Waals surface area contributed by atoms with Crippen LogP contribution in [0.15, 0.2) is 94.1 Å². The Hall–Kier alpha value is -4.93. The minimum atomic E-state index is -0.546. The van der Waals surface area contributed by atoms with Gasteiger partial charge in [0.25, 0.3) is 0 Å². The summed E-state index contributed by atoms with van der Waals surface area (Å²) in [5.41, 5.74) is 6.14. The number of nitriles is 1. The van der Waals surface area contributed by atoms with E-state index in [1.165, 1.54) is 16.9 Å². The van der Waals surface area contributed by atoms with Crippen molar-refractivity contribution in [1.82, 2.24) is 4.98 Å². The van der Waals surface area contributed by atoms with Gasteiger partial charge in [0.2, 0.25) is 0 Å². The first-order chi connectivity index (χ1) is 21.9. The molecule has 4 aromatic carbocycles. The highest BCUT2D eigenvalue weighted by atomic mass is 32.1. The van der Waals surface area contributed by atoms with Gasteiger partial charge < -0.3 is 14.1 Å². The second-order valence-corrected chi connectivity index (χ2v) is 13.5. The SMILES string of the molecule is COc1ccc2nc(-c3c(C#N)c4cc5c6c(c4oc3=O)C(C)(c3ccccc3)CCN6CCC5(C)c3ccccc3)sc2c1. The smallest absolute Gasteiger partial charge is 0.348 e. The highest BCUT2D eigenvalue weighted by Gasteiger charge is 2.47. The Morgan fingerprint density at radius 1 is 0.933 bits per heavy atom. The van der Waals surface area contributed by atoms with Gasteiger partial charge in [-0.05, 0) is 53.8 Å². The van der Waals surface area contributed by atoms with E-state index in [4.69, 9.17) is 14.1 Å². The molecule has 222 valence electrons. The van der Waals surface area contributed by atoms with Crippen LogP contribution < -0.4 is 15.3 Å². The summed E-state index contributed by atoms with van der Waals surface area (Å²) in [5.74, 6) is 0.708. The van der Waals surface area contributed by atoms with E-state index in [0.717, 1.165) is 58.5 Å². The lowest BCUT2D eigenvalue weighted by atomic mass is 9.63. The van der Waals surface area contributed by atoms with Crippen LogP contribution in [0.4, 0.5) is 5.69 Å². The van der Waals surface area contributed by atoms with Crippen molar-refractivity contribution in [2.45, 2.75) is 37.5 Å². The molecule has 2 aliphatic rings. The summed E-state index contributed by atoms with van der Waals surface area (Å²) in [7, 11) is 1.62. The van der Waals surface area contributed by atoms with Gasteiger partial charge in [-0.15, -0.1) is 11.3 Å². The number of nitrogens with zero attached hydrogens (tertiary/aromatic N) is 3. The molecule has 0 saturated heterocycles. The zero-order valence-corrected chi connectivity index (χ0v) is 26.2. The van der Waals surface area contributed by atoms with Crippen molar-refractivity contribution in [3.05, 3.63) is 123 Å². The van der Waals surface area contributed by atoms with E-state index >= 15 is 0 Å². The molecule has 2 aliphatic heterocycles. The average Bonchev–Trinajstić information content (AvgIpc) is 3.50. The fourth-order valence-corrected chi connectivity index (χ4v) is 8.58. The first-order valence-corrected chi connectivity index (χ1v) is 16.1. The number of ether oxygens (including phenoxy) is 1. The third kappa shape index (κ3) is 3.99. The van der Waals surface area contributed by atoms with Crippen LogP contribution in [0.3, 0.4) is 0 Å². The van der Waals surface area contributed by atoms with Crippen molar-refractivity contribution in [1.29, 1.82) is 5.26 Å². The van der Waals surface area contributed by atoms with E-state index in [-0.39, 0.29) is 11.0 Å². The van der Waals surface area contributed by atoms with Gasteiger partial charge in [0, 0.05) is 40.6 Å². The van der Waals surface area contributed by atoms with Crippen molar-refractivity contribution < 1.29 is 9.15 Å². The third-order valence-corrected chi connectivity index (χ3v) is 11.2. The predicted molar refractivity (Wildman–Crippen MR) is 180 cm³/mol. The van der Waals surface area contributed by atoms with E-state index < -0.39 is 11.0 Å². The van der Waals surface area contributed by atoms with Crippen LogP contribution in [0.25, 0.3) is 31.8 Å². The van der Waals surface area contributed by atoms with E-state index in [0.29, 0.717) is 27.3 Å². The van der Waals surface area contributed by atoms with Crippen molar-refractivity contribution in [3.63, 3.8) is 0 Å². The minimum Gasteiger partial charge on any atom is -0.497 e. The van der Waals surface area contributed by atoms with E-state index in [9.17, 15) is 10.1 Å². The van der Waals surface area contributed by atoms with Crippen molar-refractivity contribution >= 4 is 38.2 Å². The van der Waals surface area contributed by atoms with Crippen LogP contribution in [-0.4, -0.2) is 25.2 Å². The molecule has 45 heavy (non-hydrogen) atoms. The Morgan fingerprint density at radius 2 is 1.60 bits per heavy atom. The predicted octanol–water partition coefficient (Wildman–Crippen LogP) is 8.18. The maximum Gasteiger partial charge on any atom is 0.348 e. The van der Waals surface area contributed by atoms with Gasteiger partial charge in [0.05, 0.1) is 22.9 Å². The average molecular weight is 610 g/mol. The summed E-state index contributed by atoms with van der Waals surface area (Å²) in [4.78, 5) is 21.3. The van der Waals surface area contributed by atoms with Crippen molar-refractivity contribution in [2.75, 3.05) is 25.1 Å². The molecule has 6 nitrogen and oxygen atoms in total. The molecule has 8 rings (SSSR count). The number of hydrogen-bond donors (Lipinski definition) is 0. The van der Waals surface area contributed by atoms with Gasteiger partial charge in [-0.2, -0.15) is 5.26 Å². The second kappa shape index (κ2) is 10.0. The molecule has 0 fully saturated rings. The van der Waals surface area contributed by atoms with Gasteiger partial charge in [0.1, 0.15) is 28.0 Å². The maximum absolute atomic E-state index is 14.1. The Bertz CT molecular complexity index is 2230. The molecule has 0 aliphatic carbocycles. The van der Waals surface area contributed by atoms with Crippen LogP contribution in [-0.2, 0) is 10.8 Å². The summed E-state index contributed by atoms with van der Waals surface area (Å²) in [5, 5.41) is 11.9. The molecular weight excluding hydrogens is 579 g/mol. The van der Waals surface area contributed by atoms with Crippen LogP contribution >= 0.6 is 11.3 Å². The zero-order chi connectivity index (χ0) is 30.9. The van der Waals surface area contributed by atoms with E-state index in [1.807, 2.05) is 30.3 Å². The Balaban J connectivity index is 1.50. The molecule has 4 heterocycles. The molecule has 0 spiro atoms. The lowest BCUT2D eigenvalue weighted by molar-refractivity contribution is 0.415. The van der Waals surface area contributed by atoms with Gasteiger partial charge in [0.15, 0.2) is 0 Å². The number of hydrogen-bond acceptors (Lipinski definition) is 7. The van der Waals surface area contributed by atoms with Crippen molar-refractivity contribution in [3.8, 4) is 22.4 Å². The number of thiazole rings is 1. The molecule has 2 unspecified atom stereocenters. The standard InChI is InChI=1S/C38H31N3O3S/c1-37(23-10-6-4-7-11-23)16-18-41-19-17-38(2,24-12-8-5-9-13-24)32-33(41)28(37)21-26-27(22-39)31(36(42)44-34(26)32)35-40-29-15-14-25(43-3)20-30(29)45-35/h4-15,20-21H,16-19H2,1-3H3. The fraction of sp³-hybridized carbons (Fsp3) is 0.237. The molecule has 0 saturated carbocycles. The number of aromatic nitrogens is 1. The second-order valence-electron chi connectivity index (χ2n) is 12.5. The summed E-state index contributed by atoms with van der Waals surface area (Å²) in [6.07, 6.45) is 1.79. The lowest BCUT2D eigenvalue weighted by Gasteiger charge is -2.50. The Labute approximate surface area is 265 Å². The van der Waals surface area contributed by atoms with Gasteiger partial charge >= 0.3 is 5.63 Å². The quantitative estimate of drug-likeness (QED) is 0.188. The molecule has 7 heteroatoms. The minimum absolute atomic E-state index is 0.212. The molecule has 0 N–H and O–H groups in total. The summed E-state index contributed by atoms with van der Waals surface area (Å²) < 4.78 is 12.7. The molecule has 2 atom stereocenters. The summed E-state index contributed by atoms with van der Waals surface area (Å²) in [6.45, 7) is 6.35. The lowest BCUT2D eigenvalue weighted by Crippen LogP contribution is -2.47. The summed E-state index contributed by atoms with van der Waals surface area (Å²) >= 11 is 1.37. The van der Waals surface area contributed by atoms with Crippen LogP contribution in [0.2, 0.25) is 0 Å². The zero-order valence-electron chi connectivity index (χ0n) is 25.4. The van der Waals surface area contributed by atoms with Crippen LogP contribution in [0.5, 0.6) is 5.75 Å². The molecular formula is C38H31N3O3S.